The molecule has 3 heterocycles. The van der Waals surface area contributed by atoms with Gasteiger partial charge in [0.05, 0.1) is 11.1 Å². The summed E-state index contributed by atoms with van der Waals surface area (Å²) in [4.78, 5) is 20.8. The Kier molecular flexibility index (Phi) is 5.69. The van der Waals surface area contributed by atoms with Gasteiger partial charge in [0.15, 0.2) is 0 Å². The normalized spacial score (nSPS) is 20.4. The third kappa shape index (κ3) is 4.16. The molecule has 0 bridgehead atoms. The van der Waals surface area contributed by atoms with E-state index >= 15 is 0 Å². The fraction of sp³-hybridized carbons (Fsp3) is 0.450. The Bertz CT molecular complexity index is 867. The van der Waals surface area contributed by atoms with Gasteiger partial charge in [0.25, 0.3) is 0 Å². The minimum absolute atomic E-state index is 0.00581. The zero-order valence-electron chi connectivity index (χ0n) is 15.8. The molecule has 0 saturated carbocycles. The van der Waals surface area contributed by atoms with Crippen molar-refractivity contribution in [1.29, 1.82) is 0 Å². The molecule has 0 amide bonds. The largest absolute Gasteiger partial charge is 0.418 e. The van der Waals surface area contributed by atoms with Crippen molar-refractivity contribution >= 4 is 11.6 Å². The van der Waals surface area contributed by atoms with Crippen LogP contribution in [0.3, 0.4) is 0 Å². The van der Waals surface area contributed by atoms with Gasteiger partial charge in [-0.25, -0.2) is 9.97 Å². The Balaban J connectivity index is 2.03. The molecule has 1 fully saturated rings. The van der Waals surface area contributed by atoms with Crippen molar-refractivity contribution in [3.05, 3.63) is 53.0 Å². The summed E-state index contributed by atoms with van der Waals surface area (Å²) in [7, 11) is 0. The van der Waals surface area contributed by atoms with Gasteiger partial charge in [0.1, 0.15) is 11.5 Å². The number of hydrogen-bond acceptors (Lipinski definition) is 5. The molecule has 2 aromatic heterocycles. The summed E-state index contributed by atoms with van der Waals surface area (Å²) in [6.07, 6.45) is -1.80. The average Bonchev–Trinajstić information content (AvgIpc) is 2.66. The highest BCUT2D eigenvalue weighted by Crippen LogP contribution is 2.35. The van der Waals surface area contributed by atoms with E-state index in [9.17, 15) is 18.0 Å². The molecule has 0 aromatic carbocycles. The van der Waals surface area contributed by atoms with Crippen molar-refractivity contribution in [1.82, 2.24) is 15.3 Å². The minimum atomic E-state index is -4.69. The maximum atomic E-state index is 13.5. The lowest BCUT2D eigenvalue weighted by atomic mass is 9.84. The van der Waals surface area contributed by atoms with E-state index in [1.807, 2.05) is 0 Å². The molecule has 3 rings (SSSR count). The Labute approximate surface area is 161 Å². The second-order valence-electron chi connectivity index (χ2n) is 7.42. The average molecular weight is 392 g/mol. The summed E-state index contributed by atoms with van der Waals surface area (Å²) >= 11 is 0. The van der Waals surface area contributed by atoms with Crippen LogP contribution in [0.15, 0.2) is 30.5 Å². The molecule has 150 valence electrons. The van der Waals surface area contributed by atoms with Crippen LogP contribution in [0, 0.1) is 5.92 Å². The summed E-state index contributed by atoms with van der Waals surface area (Å²) in [5, 5.41) is 3.43. The van der Waals surface area contributed by atoms with Gasteiger partial charge < -0.3 is 11.1 Å². The summed E-state index contributed by atoms with van der Waals surface area (Å²) in [6, 6.07) is 5.42. The molecule has 2 aromatic rings. The van der Waals surface area contributed by atoms with E-state index < -0.39 is 23.2 Å². The highest BCUT2D eigenvalue weighted by Gasteiger charge is 2.38. The van der Waals surface area contributed by atoms with E-state index in [4.69, 9.17) is 5.73 Å². The van der Waals surface area contributed by atoms with Gasteiger partial charge in [0, 0.05) is 23.9 Å². The number of pyridine rings is 2. The van der Waals surface area contributed by atoms with E-state index in [1.54, 1.807) is 0 Å². The number of carbonyl (C=O) groups is 1. The number of halogens is 3. The van der Waals surface area contributed by atoms with Crippen LogP contribution in [0.1, 0.15) is 59.9 Å². The van der Waals surface area contributed by atoms with Gasteiger partial charge in [-0.2, -0.15) is 13.2 Å². The quantitative estimate of drug-likeness (QED) is 0.774. The van der Waals surface area contributed by atoms with E-state index in [-0.39, 0.29) is 23.3 Å². The number of ketones is 1. The molecule has 0 spiro atoms. The van der Waals surface area contributed by atoms with Crippen molar-refractivity contribution in [3.63, 3.8) is 0 Å². The molecule has 28 heavy (non-hydrogen) atoms. The zero-order chi connectivity index (χ0) is 20.5. The van der Waals surface area contributed by atoms with Gasteiger partial charge in [-0.3, -0.25) is 4.79 Å². The summed E-state index contributed by atoms with van der Waals surface area (Å²) in [5.74, 6) is -0.592. The Hall–Kier alpha value is -2.48. The number of piperidine rings is 1. The number of nitrogen functional groups attached to an aromatic ring is 1. The molecule has 3 N–H and O–H groups in total. The zero-order valence-corrected chi connectivity index (χ0v) is 15.8. The summed E-state index contributed by atoms with van der Waals surface area (Å²) in [5.41, 5.74) is 4.45. The highest BCUT2D eigenvalue weighted by molar-refractivity contribution is 6.11. The van der Waals surface area contributed by atoms with Crippen LogP contribution < -0.4 is 11.1 Å². The maximum Gasteiger partial charge on any atom is 0.418 e. The first-order chi connectivity index (χ1) is 13.2. The van der Waals surface area contributed by atoms with Gasteiger partial charge in [-0.05, 0) is 49.6 Å². The lowest BCUT2D eigenvalue weighted by Crippen LogP contribution is -2.41. The second-order valence-corrected chi connectivity index (χ2v) is 7.42. The standard InChI is InChI=1S/C20H23F3N4O/c1-11(2)16-10-12(7-9-25-16)15-6-5-14(20(21,22)23)17(27-15)18(28)13-4-3-8-26-19(13)24/h3-6,8,11-12,16,25H,7,9-10H2,1-2H3,(H2,24,26)/t12?,16-/m1/s1. The van der Waals surface area contributed by atoms with Gasteiger partial charge in [-0.15, -0.1) is 0 Å². The molecule has 1 unspecified atom stereocenters. The van der Waals surface area contributed by atoms with E-state index in [0.29, 0.717) is 11.6 Å². The van der Waals surface area contributed by atoms with Crippen LogP contribution in [0.25, 0.3) is 0 Å². The van der Waals surface area contributed by atoms with Gasteiger partial charge >= 0.3 is 6.18 Å². The molecule has 0 aliphatic carbocycles. The first-order valence-electron chi connectivity index (χ1n) is 9.25. The molecule has 0 radical (unpaired) electrons. The predicted octanol–water partition coefficient (Wildman–Crippen LogP) is 3.80. The van der Waals surface area contributed by atoms with Crippen molar-refractivity contribution in [2.45, 2.75) is 44.8 Å². The summed E-state index contributed by atoms with van der Waals surface area (Å²) < 4.78 is 40.6. The number of anilines is 1. The molecule has 2 atom stereocenters. The van der Waals surface area contributed by atoms with Crippen LogP contribution in [-0.4, -0.2) is 28.3 Å². The van der Waals surface area contributed by atoms with Gasteiger partial charge in [-0.1, -0.05) is 13.8 Å². The number of alkyl halides is 3. The first-order valence-corrected chi connectivity index (χ1v) is 9.25. The fourth-order valence-corrected chi connectivity index (χ4v) is 3.57. The number of carbonyl (C=O) groups excluding carboxylic acids is 1. The summed E-state index contributed by atoms with van der Waals surface area (Å²) in [6.45, 7) is 4.95. The lowest BCUT2D eigenvalue weighted by molar-refractivity contribution is -0.138. The second kappa shape index (κ2) is 7.87. The van der Waals surface area contributed by atoms with Crippen molar-refractivity contribution in [3.8, 4) is 0 Å². The van der Waals surface area contributed by atoms with Crippen LogP contribution >= 0.6 is 0 Å². The number of aromatic nitrogens is 2. The molecular weight excluding hydrogens is 369 g/mol. The van der Waals surface area contributed by atoms with E-state index in [1.165, 1.54) is 24.4 Å². The van der Waals surface area contributed by atoms with Gasteiger partial charge in [0.2, 0.25) is 5.78 Å². The topological polar surface area (TPSA) is 80.9 Å². The van der Waals surface area contributed by atoms with Crippen molar-refractivity contribution < 1.29 is 18.0 Å². The minimum Gasteiger partial charge on any atom is -0.383 e. The smallest absolute Gasteiger partial charge is 0.383 e. The van der Waals surface area contributed by atoms with Crippen LogP contribution in [-0.2, 0) is 6.18 Å². The number of nitrogens with two attached hydrogens (primary N) is 1. The molecule has 5 nitrogen and oxygen atoms in total. The Morgan fingerprint density at radius 3 is 2.68 bits per heavy atom. The monoisotopic (exact) mass is 392 g/mol. The van der Waals surface area contributed by atoms with Crippen LogP contribution in [0.5, 0.6) is 0 Å². The molecule has 1 aliphatic rings. The number of rotatable bonds is 4. The first kappa shape index (κ1) is 20.3. The molecular formula is C20H23F3N4O. The molecule has 1 aliphatic heterocycles. The SMILES string of the molecule is CC(C)[C@H]1CC(c2ccc(C(F)(F)F)c(C(=O)c3cccnc3N)n2)CCN1. The van der Waals surface area contributed by atoms with Crippen molar-refractivity contribution in [2.75, 3.05) is 12.3 Å². The fourth-order valence-electron chi connectivity index (χ4n) is 3.57. The van der Waals surface area contributed by atoms with Crippen molar-refractivity contribution in [2.24, 2.45) is 5.92 Å². The lowest BCUT2D eigenvalue weighted by Gasteiger charge is -2.32. The van der Waals surface area contributed by atoms with E-state index in [2.05, 4.69) is 29.1 Å². The number of hydrogen-bond donors (Lipinski definition) is 2. The Morgan fingerprint density at radius 1 is 1.29 bits per heavy atom. The molecule has 8 heteroatoms. The molecule has 1 saturated heterocycles. The highest BCUT2D eigenvalue weighted by atomic mass is 19.4. The van der Waals surface area contributed by atoms with Crippen LogP contribution in [0.2, 0.25) is 0 Å². The van der Waals surface area contributed by atoms with Crippen LogP contribution in [0.4, 0.5) is 19.0 Å². The number of nitrogens with one attached hydrogen (secondary N) is 1. The third-order valence-corrected chi connectivity index (χ3v) is 5.18. The maximum absolute atomic E-state index is 13.5. The predicted molar refractivity (Wildman–Crippen MR) is 99.9 cm³/mol. The third-order valence-electron chi connectivity index (χ3n) is 5.18. The Morgan fingerprint density at radius 2 is 2.04 bits per heavy atom. The van der Waals surface area contributed by atoms with E-state index in [0.717, 1.165) is 25.5 Å². The number of nitrogens with zero attached hydrogens (tertiary/aromatic N) is 2.